The number of carbonyl (C=O) groups is 2. The maximum absolute atomic E-state index is 12.8. The van der Waals surface area contributed by atoms with Crippen LogP contribution in [-0.2, 0) is 14.3 Å². The van der Waals surface area contributed by atoms with Crippen molar-refractivity contribution in [1.29, 1.82) is 0 Å². The lowest BCUT2D eigenvalue weighted by molar-refractivity contribution is -0.154. The molecule has 1 aliphatic rings. The maximum atomic E-state index is 12.8. The van der Waals surface area contributed by atoms with Gasteiger partial charge in [0.15, 0.2) is 0 Å². The van der Waals surface area contributed by atoms with Gasteiger partial charge in [0.1, 0.15) is 5.78 Å². The molecule has 110 valence electrons. The van der Waals surface area contributed by atoms with Crippen LogP contribution in [0.3, 0.4) is 0 Å². The predicted octanol–water partition coefficient (Wildman–Crippen LogP) is 2.27. The Bertz CT molecular complexity index is 360. The second-order valence-electron chi connectivity index (χ2n) is 6.56. The van der Waals surface area contributed by atoms with Crippen LogP contribution in [0.15, 0.2) is 0 Å². The summed E-state index contributed by atoms with van der Waals surface area (Å²) in [6, 6.07) is 0.152. The fourth-order valence-electron chi connectivity index (χ4n) is 2.54. The molecule has 0 aromatic carbocycles. The van der Waals surface area contributed by atoms with Gasteiger partial charge in [-0.3, -0.25) is 9.59 Å². The average Bonchev–Trinajstić information content (AvgIpc) is 2.76. The molecule has 0 aromatic rings. The van der Waals surface area contributed by atoms with Gasteiger partial charge in [-0.1, -0.05) is 27.7 Å². The number of likely N-dealkylation sites (tertiary alicyclic amines) is 1. The summed E-state index contributed by atoms with van der Waals surface area (Å²) in [6.45, 7) is 10.4. The Morgan fingerprint density at radius 3 is 2.26 bits per heavy atom. The van der Waals surface area contributed by atoms with Crippen molar-refractivity contribution in [1.82, 2.24) is 4.90 Å². The molecule has 1 fully saturated rings. The summed E-state index contributed by atoms with van der Waals surface area (Å²) in [5.74, 6) is 0.112. The molecule has 1 amide bonds. The average molecular weight is 269 g/mol. The minimum atomic E-state index is -0.699. The van der Waals surface area contributed by atoms with E-state index in [9.17, 15) is 9.59 Å². The van der Waals surface area contributed by atoms with E-state index in [4.69, 9.17) is 4.74 Å². The number of carbonyl (C=O) groups excluding carboxylic acids is 2. The van der Waals surface area contributed by atoms with Crippen molar-refractivity contribution in [3.8, 4) is 0 Å². The largest absolute Gasteiger partial charge is 0.383 e. The van der Waals surface area contributed by atoms with Crippen molar-refractivity contribution in [2.24, 2.45) is 10.8 Å². The molecule has 0 N–H and O–H groups in total. The number of rotatable bonds is 5. The third-order valence-corrected chi connectivity index (χ3v) is 4.97. The van der Waals surface area contributed by atoms with Crippen molar-refractivity contribution >= 4 is 11.7 Å². The Balaban J connectivity index is 2.95. The maximum Gasteiger partial charge on any atom is 0.229 e. The molecule has 4 heteroatoms. The van der Waals surface area contributed by atoms with Crippen molar-refractivity contribution in [3.05, 3.63) is 0 Å². The zero-order chi connectivity index (χ0) is 14.8. The number of methoxy groups -OCH3 is 1. The number of Topliss-reactive ketones (excluding diaryl/α,β-unsaturated/α-hetero) is 1. The van der Waals surface area contributed by atoms with Crippen LogP contribution in [0, 0.1) is 10.8 Å². The molecule has 1 saturated heterocycles. The van der Waals surface area contributed by atoms with Gasteiger partial charge in [-0.15, -0.1) is 0 Å². The molecule has 1 unspecified atom stereocenters. The third kappa shape index (κ3) is 2.83. The van der Waals surface area contributed by atoms with Crippen molar-refractivity contribution < 1.29 is 14.3 Å². The molecular formula is C15H27NO3. The highest BCUT2D eigenvalue weighted by Gasteiger charge is 2.49. The fraction of sp³-hybridized carbons (Fsp3) is 0.867. The zero-order valence-corrected chi connectivity index (χ0v) is 13.1. The van der Waals surface area contributed by atoms with Crippen LogP contribution < -0.4 is 0 Å². The van der Waals surface area contributed by atoms with E-state index in [1.54, 1.807) is 14.0 Å². The van der Waals surface area contributed by atoms with E-state index in [0.29, 0.717) is 6.61 Å². The molecule has 1 rings (SSSR count). The lowest BCUT2D eigenvalue weighted by Crippen LogP contribution is -2.52. The van der Waals surface area contributed by atoms with E-state index >= 15 is 0 Å². The Morgan fingerprint density at radius 1 is 1.21 bits per heavy atom. The second-order valence-corrected chi connectivity index (χ2v) is 6.56. The highest BCUT2D eigenvalue weighted by Crippen LogP contribution is 2.42. The van der Waals surface area contributed by atoms with Gasteiger partial charge >= 0.3 is 0 Å². The summed E-state index contributed by atoms with van der Waals surface area (Å²) < 4.78 is 5.19. The molecule has 0 radical (unpaired) electrons. The molecule has 0 aliphatic carbocycles. The number of amides is 1. The SMILES string of the molecule is COCC1CCCN1C(=O)C(C)(C)C(C)(C)C(C)=O. The quantitative estimate of drug-likeness (QED) is 0.769. The predicted molar refractivity (Wildman–Crippen MR) is 74.9 cm³/mol. The number of ether oxygens (including phenoxy) is 1. The molecule has 0 spiro atoms. The van der Waals surface area contributed by atoms with Crippen LogP contribution in [0.25, 0.3) is 0 Å². The van der Waals surface area contributed by atoms with Gasteiger partial charge in [-0.2, -0.15) is 0 Å². The second kappa shape index (κ2) is 5.61. The van der Waals surface area contributed by atoms with Gasteiger partial charge in [0.2, 0.25) is 5.91 Å². The molecule has 1 atom stereocenters. The first-order chi connectivity index (χ1) is 8.66. The monoisotopic (exact) mass is 269 g/mol. The van der Waals surface area contributed by atoms with Crippen LogP contribution in [0.2, 0.25) is 0 Å². The summed E-state index contributed by atoms with van der Waals surface area (Å²) >= 11 is 0. The van der Waals surface area contributed by atoms with Crippen molar-refractivity contribution in [2.45, 2.75) is 53.5 Å². The molecule has 19 heavy (non-hydrogen) atoms. The fourth-order valence-corrected chi connectivity index (χ4v) is 2.54. The summed E-state index contributed by atoms with van der Waals surface area (Å²) in [7, 11) is 1.66. The van der Waals surface area contributed by atoms with Crippen LogP contribution >= 0.6 is 0 Å². The minimum absolute atomic E-state index is 0.0494. The number of hydrogen-bond donors (Lipinski definition) is 0. The Hall–Kier alpha value is -0.900. The lowest BCUT2D eigenvalue weighted by Gasteiger charge is -2.42. The van der Waals surface area contributed by atoms with Gasteiger partial charge < -0.3 is 9.64 Å². The highest BCUT2D eigenvalue weighted by atomic mass is 16.5. The van der Waals surface area contributed by atoms with Gasteiger partial charge in [0.25, 0.3) is 0 Å². The van der Waals surface area contributed by atoms with E-state index in [0.717, 1.165) is 19.4 Å². The topological polar surface area (TPSA) is 46.6 Å². The first-order valence-electron chi connectivity index (χ1n) is 6.97. The Morgan fingerprint density at radius 2 is 1.79 bits per heavy atom. The van der Waals surface area contributed by atoms with E-state index in [-0.39, 0.29) is 17.7 Å². The number of ketones is 1. The van der Waals surface area contributed by atoms with Crippen LogP contribution in [-0.4, -0.2) is 42.9 Å². The molecule has 0 bridgehead atoms. The molecule has 0 aromatic heterocycles. The smallest absolute Gasteiger partial charge is 0.229 e. The van der Waals surface area contributed by atoms with Crippen molar-refractivity contribution in [3.63, 3.8) is 0 Å². The molecule has 0 saturated carbocycles. The van der Waals surface area contributed by atoms with Crippen LogP contribution in [0.4, 0.5) is 0 Å². The summed E-state index contributed by atoms with van der Waals surface area (Å²) in [5, 5.41) is 0. The molecule has 1 aliphatic heterocycles. The Labute approximate surface area is 116 Å². The minimum Gasteiger partial charge on any atom is -0.383 e. The zero-order valence-electron chi connectivity index (χ0n) is 13.1. The van der Waals surface area contributed by atoms with Crippen molar-refractivity contribution in [2.75, 3.05) is 20.3 Å². The number of hydrogen-bond acceptors (Lipinski definition) is 3. The Kier molecular flexibility index (Phi) is 4.77. The van der Waals surface area contributed by atoms with E-state index in [1.165, 1.54) is 0 Å². The van der Waals surface area contributed by atoms with E-state index < -0.39 is 10.8 Å². The van der Waals surface area contributed by atoms with E-state index in [2.05, 4.69) is 0 Å². The number of nitrogens with zero attached hydrogens (tertiary/aromatic N) is 1. The molecule has 4 nitrogen and oxygen atoms in total. The van der Waals surface area contributed by atoms with Gasteiger partial charge in [-0.05, 0) is 19.8 Å². The van der Waals surface area contributed by atoms with Crippen LogP contribution in [0.5, 0.6) is 0 Å². The third-order valence-electron chi connectivity index (χ3n) is 4.97. The molecular weight excluding hydrogens is 242 g/mol. The first-order valence-corrected chi connectivity index (χ1v) is 6.97. The van der Waals surface area contributed by atoms with Crippen LogP contribution in [0.1, 0.15) is 47.5 Å². The van der Waals surface area contributed by atoms with Gasteiger partial charge in [0.05, 0.1) is 18.1 Å². The normalized spacial score (nSPS) is 20.7. The standard InChI is InChI=1S/C15H27NO3/c1-11(17)14(2,3)15(4,5)13(18)16-9-7-8-12(16)10-19-6/h12H,7-10H2,1-6H3. The first kappa shape index (κ1) is 16.2. The lowest BCUT2D eigenvalue weighted by atomic mass is 9.65. The van der Waals surface area contributed by atoms with Gasteiger partial charge in [-0.25, -0.2) is 0 Å². The summed E-state index contributed by atoms with van der Waals surface area (Å²) in [5.41, 5.74) is -1.36. The van der Waals surface area contributed by atoms with Gasteiger partial charge in [0, 0.05) is 19.1 Å². The summed E-state index contributed by atoms with van der Waals surface area (Å²) in [4.78, 5) is 26.6. The van der Waals surface area contributed by atoms with E-state index in [1.807, 2.05) is 32.6 Å². The molecule has 1 heterocycles. The highest BCUT2D eigenvalue weighted by molar-refractivity contribution is 5.92. The summed E-state index contributed by atoms with van der Waals surface area (Å²) in [6.07, 6.45) is 1.99.